The zero-order valence-electron chi connectivity index (χ0n) is 12.1. The van der Waals surface area contributed by atoms with Crippen molar-refractivity contribution in [3.8, 4) is 0 Å². The van der Waals surface area contributed by atoms with Gasteiger partial charge >= 0.3 is 5.97 Å². The molecule has 1 saturated heterocycles. The van der Waals surface area contributed by atoms with Crippen molar-refractivity contribution in [3.63, 3.8) is 0 Å². The highest BCUT2D eigenvalue weighted by atomic mass is 16.4. The lowest BCUT2D eigenvalue weighted by Gasteiger charge is -2.19. The van der Waals surface area contributed by atoms with Gasteiger partial charge in [0.05, 0.1) is 0 Å². The fourth-order valence-corrected chi connectivity index (χ4v) is 2.46. The predicted octanol–water partition coefficient (Wildman–Crippen LogP) is 1.61. The Morgan fingerprint density at radius 1 is 1.38 bits per heavy atom. The van der Waals surface area contributed by atoms with Crippen molar-refractivity contribution in [2.75, 3.05) is 20.1 Å². The Kier molecular flexibility index (Phi) is 5.11. The second-order valence-corrected chi connectivity index (χ2v) is 5.28. The number of carbonyl (C=O) groups excluding carboxylic acids is 1. The molecule has 0 aliphatic carbocycles. The zero-order valence-corrected chi connectivity index (χ0v) is 12.1. The molecule has 1 atom stereocenters. The maximum Gasteiger partial charge on any atom is 0.328 e. The highest BCUT2D eigenvalue weighted by molar-refractivity contribution is 5.94. The van der Waals surface area contributed by atoms with E-state index in [9.17, 15) is 9.59 Å². The summed E-state index contributed by atoms with van der Waals surface area (Å²) < 4.78 is 0. The van der Waals surface area contributed by atoms with E-state index in [-0.39, 0.29) is 5.91 Å². The molecule has 1 fully saturated rings. The van der Waals surface area contributed by atoms with E-state index in [0.29, 0.717) is 18.2 Å². The maximum absolute atomic E-state index is 12.0. The summed E-state index contributed by atoms with van der Waals surface area (Å²) in [5.41, 5.74) is 1.34. The molecule has 21 heavy (non-hydrogen) atoms. The molecular formula is C16H20N2O3. The zero-order chi connectivity index (χ0) is 15.2. The molecule has 1 unspecified atom stereocenters. The van der Waals surface area contributed by atoms with Crippen molar-refractivity contribution in [1.29, 1.82) is 0 Å². The topological polar surface area (TPSA) is 69.6 Å². The number of amides is 1. The van der Waals surface area contributed by atoms with Crippen molar-refractivity contribution < 1.29 is 14.7 Å². The van der Waals surface area contributed by atoms with Gasteiger partial charge in [-0.1, -0.05) is 12.1 Å². The van der Waals surface area contributed by atoms with Gasteiger partial charge in [0.2, 0.25) is 0 Å². The quantitative estimate of drug-likeness (QED) is 0.808. The smallest absolute Gasteiger partial charge is 0.328 e. The van der Waals surface area contributed by atoms with Gasteiger partial charge in [-0.15, -0.1) is 0 Å². The highest BCUT2D eigenvalue weighted by Gasteiger charge is 2.21. The van der Waals surface area contributed by atoms with Crippen LogP contribution in [0.5, 0.6) is 0 Å². The lowest BCUT2D eigenvalue weighted by molar-refractivity contribution is -0.131. The predicted molar refractivity (Wildman–Crippen MR) is 81.1 cm³/mol. The number of carboxylic acid groups (broad SMARTS) is 1. The molecule has 0 saturated carbocycles. The minimum Gasteiger partial charge on any atom is -0.478 e. The normalized spacial score (nSPS) is 19.0. The third-order valence-electron chi connectivity index (χ3n) is 3.76. The number of nitrogens with one attached hydrogen (secondary N) is 1. The van der Waals surface area contributed by atoms with E-state index in [1.807, 2.05) is 0 Å². The van der Waals surface area contributed by atoms with E-state index < -0.39 is 5.97 Å². The van der Waals surface area contributed by atoms with Gasteiger partial charge < -0.3 is 15.3 Å². The molecule has 1 aliphatic heterocycles. The molecule has 5 heteroatoms. The van der Waals surface area contributed by atoms with E-state index >= 15 is 0 Å². The summed E-state index contributed by atoms with van der Waals surface area (Å²) in [4.78, 5) is 24.7. The number of nitrogens with zero attached hydrogens (tertiary/aromatic N) is 1. The third-order valence-corrected chi connectivity index (χ3v) is 3.76. The molecule has 112 valence electrons. The first-order valence-corrected chi connectivity index (χ1v) is 7.06. The highest BCUT2D eigenvalue weighted by Crippen LogP contribution is 2.14. The Morgan fingerprint density at radius 2 is 2.10 bits per heavy atom. The summed E-state index contributed by atoms with van der Waals surface area (Å²) in [7, 11) is 2.08. The lowest BCUT2D eigenvalue weighted by atomic mass is 10.1. The standard InChI is InChI=1S/C16H20N2O3/c1-18-10-2-3-14(18)11-17-16(21)13-7-4-12(5-8-13)6-9-15(19)20/h4-9,14H,2-3,10-11H2,1H3,(H,17,21)(H,19,20)/b9-6+. The molecule has 1 amide bonds. The van der Waals surface area contributed by atoms with Crippen LogP contribution in [0.2, 0.25) is 0 Å². The van der Waals surface area contributed by atoms with Crippen LogP contribution in [-0.4, -0.2) is 48.1 Å². The molecule has 1 heterocycles. The first-order chi connectivity index (χ1) is 10.1. The molecule has 2 rings (SSSR count). The van der Waals surface area contributed by atoms with Gasteiger partial charge in [0.15, 0.2) is 0 Å². The van der Waals surface area contributed by atoms with E-state index in [4.69, 9.17) is 5.11 Å². The fourth-order valence-electron chi connectivity index (χ4n) is 2.46. The Bertz CT molecular complexity index is 537. The number of aliphatic carboxylic acids is 1. The first-order valence-electron chi connectivity index (χ1n) is 7.06. The van der Waals surface area contributed by atoms with Crippen LogP contribution in [0.15, 0.2) is 30.3 Å². The molecule has 1 aromatic carbocycles. The Balaban J connectivity index is 1.89. The van der Waals surface area contributed by atoms with Gasteiger partial charge in [-0.2, -0.15) is 0 Å². The first kappa shape index (κ1) is 15.3. The number of rotatable bonds is 5. The van der Waals surface area contributed by atoms with Crippen LogP contribution in [0.3, 0.4) is 0 Å². The number of hydrogen-bond acceptors (Lipinski definition) is 3. The third kappa shape index (κ3) is 4.43. The Morgan fingerprint density at radius 3 is 2.67 bits per heavy atom. The van der Waals surface area contributed by atoms with Gasteiger partial charge in [0.1, 0.15) is 0 Å². The summed E-state index contributed by atoms with van der Waals surface area (Å²) >= 11 is 0. The van der Waals surface area contributed by atoms with Gasteiger partial charge in [0.25, 0.3) is 5.91 Å². The minimum absolute atomic E-state index is 0.0935. The molecule has 5 nitrogen and oxygen atoms in total. The van der Waals surface area contributed by atoms with Crippen LogP contribution in [0.25, 0.3) is 6.08 Å². The van der Waals surface area contributed by atoms with Gasteiger partial charge in [-0.05, 0) is 50.2 Å². The molecule has 1 aliphatic rings. The number of likely N-dealkylation sites (tertiary alicyclic amines) is 1. The molecule has 0 bridgehead atoms. The SMILES string of the molecule is CN1CCCC1CNC(=O)c1ccc(/C=C/C(=O)O)cc1. The van der Waals surface area contributed by atoms with E-state index in [0.717, 1.165) is 24.6 Å². The Labute approximate surface area is 124 Å². The Hall–Kier alpha value is -2.14. The van der Waals surface area contributed by atoms with E-state index in [2.05, 4.69) is 17.3 Å². The van der Waals surface area contributed by atoms with Gasteiger partial charge in [-0.3, -0.25) is 4.79 Å². The molecule has 0 radical (unpaired) electrons. The van der Waals surface area contributed by atoms with Crippen molar-refractivity contribution in [1.82, 2.24) is 10.2 Å². The second kappa shape index (κ2) is 7.04. The van der Waals surface area contributed by atoms with Crippen molar-refractivity contribution >= 4 is 18.0 Å². The fraction of sp³-hybridized carbons (Fsp3) is 0.375. The summed E-state index contributed by atoms with van der Waals surface area (Å²) in [6.07, 6.45) is 4.87. The summed E-state index contributed by atoms with van der Waals surface area (Å²) in [5.74, 6) is -1.08. The molecule has 0 spiro atoms. The number of carboxylic acids is 1. The van der Waals surface area contributed by atoms with Crippen LogP contribution in [0, 0.1) is 0 Å². The van der Waals surface area contributed by atoms with Crippen LogP contribution in [0.1, 0.15) is 28.8 Å². The molecule has 2 N–H and O–H groups in total. The number of carbonyl (C=O) groups is 2. The monoisotopic (exact) mass is 288 g/mol. The average molecular weight is 288 g/mol. The van der Waals surface area contributed by atoms with Gasteiger partial charge in [-0.25, -0.2) is 4.79 Å². The van der Waals surface area contributed by atoms with Crippen molar-refractivity contribution in [2.45, 2.75) is 18.9 Å². The van der Waals surface area contributed by atoms with Crippen LogP contribution >= 0.6 is 0 Å². The van der Waals surface area contributed by atoms with E-state index in [1.165, 1.54) is 12.5 Å². The largest absolute Gasteiger partial charge is 0.478 e. The van der Waals surface area contributed by atoms with E-state index in [1.54, 1.807) is 24.3 Å². The number of benzene rings is 1. The molecule has 1 aromatic rings. The summed E-state index contributed by atoms with van der Waals surface area (Å²) in [5, 5.41) is 11.5. The summed E-state index contributed by atoms with van der Waals surface area (Å²) in [6, 6.07) is 7.29. The minimum atomic E-state index is -0.988. The van der Waals surface area contributed by atoms with Crippen LogP contribution in [-0.2, 0) is 4.79 Å². The summed E-state index contributed by atoms with van der Waals surface area (Å²) in [6.45, 7) is 1.75. The number of hydrogen-bond donors (Lipinski definition) is 2. The molecule has 0 aromatic heterocycles. The van der Waals surface area contributed by atoms with Crippen LogP contribution < -0.4 is 5.32 Å². The average Bonchev–Trinajstić information content (AvgIpc) is 2.88. The van der Waals surface area contributed by atoms with Gasteiger partial charge in [0, 0.05) is 24.2 Å². The second-order valence-electron chi connectivity index (χ2n) is 5.28. The van der Waals surface area contributed by atoms with Crippen molar-refractivity contribution in [2.24, 2.45) is 0 Å². The maximum atomic E-state index is 12.0. The lowest BCUT2D eigenvalue weighted by Crippen LogP contribution is -2.38. The van der Waals surface area contributed by atoms with Crippen molar-refractivity contribution in [3.05, 3.63) is 41.5 Å². The number of likely N-dealkylation sites (N-methyl/N-ethyl adjacent to an activating group) is 1. The van der Waals surface area contributed by atoms with Crippen LogP contribution in [0.4, 0.5) is 0 Å². The molecular weight excluding hydrogens is 268 g/mol.